The van der Waals surface area contributed by atoms with Gasteiger partial charge >= 0.3 is 5.69 Å². The van der Waals surface area contributed by atoms with E-state index < -0.39 is 11.2 Å². The second-order valence-corrected chi connectivity index (χ2v) is 4.14. The topological polar surface area (TPSA) is 102 Å². The fraction of sp³-hybridized carbons (Fsp3) is 0. The van der Waals surface area contributed by atoms with Gasteiger partial charge in [-0.2, -0.15) is 5.10 Å². The van der Waals surface area contributed by atoms with Crippen LogP contribution in [-0.2, 0) is 0 Å². The number of aromatic amines is 2. The van der Waals surface area contributed by atoms with Gasteiger partial charge in [0.1, 0.15) is 0 Å². The Morgan fingerprint density at radius 2 is 1.95 bits per heavy atom. The highest BCUT2D eigenvalue weighted by atomic mass is 32.1. The number of rotatable bonds is 3. The highest BCUT2D eigenvalue weighted by molar-refractivity contribution is 7.80. The van der Waals surface area contributed by atoms with E-state index in [-0.39, 0.29) is 5.69 Å². The van der Waals surface area contributed by atoms with Gasteiger partial charge in [-0.25, -0.2) is 4.79 Å². The van der Waals surface area contributed by atoms with Crippen molar-refractivity contribution in [2.45, 2.75) is 0 Å². The Kier molecular flexibility index (Phi) is 4.40. The van der Waals surface area contributed by atoms with Gasteiger partial charge in [0.2, 0.25) is 0 Å². The van der Waals surface area contributed by atoms with E-state index in [1.165, 1.54) is 12.3 Å². The highest BCUT2D eigenvalue weighted by Crippen LogP contribution is 2.03. The number of hydrogen-bond acceptors (Lipinski definition) is 4. The van der Waals surface area contributed by atoms with Crippen molar-refractivity contribution in [1.29, 1.82) is 0 Å². The van der Waals surface area contributed by atoms with Crippen molar-refractivity contribution in [2.24, 2.45) is 5.10 Å². The highest BCUT2D eigenvalue weighted by Gasteiger charge is 1.95. The fourth-order valence-corrected chi connectivity index (χ4v) is 1.57. The van der Waals surface area contributed by atoms with Crippen LogP contribution in [-0.4, -0.2) is 21.3 Å². The van der Waals surface area contributed by atoms with Gasteiger partial charge in [0.25, 0.3) is 5.56 Å². The van der Waals surface area contributed by atoms with Gasteiger partial charge in [-0.05, 0) is 24.4 Å². The molecule has 0 aliphatic heterocycles. The molecule has 0 radical (unpaired) electrons. The van der Waals surface area contributed by atoms with Gasteiger partial charge in [-0.1, -0.05) is 18.2 Å². The maximum absolute atomic E-state index is 11.1. The summed E-state index contributed by atoms with van der Waals surface area (Å²) < 4.78 is 0. The van der Waals surface area contributed by atoms with Crippen LogP contribution in [0.5, 0.6) is 0 Å². The molecule has 0 fully saturated rings. The molecule has 1 heterocycles. The normalized spacial score (nSPS) is 10.4. The first-order valence-corrected chi connectivity index (χ1v) is 6.03. The first-order valence-electron chi connectivity index (χ1n) is 5.62. The second kappa shape index (κ2) is 6.43. The van der Waals surface area contributed by atoms with Crippen LogP contribution >= 0.6 is 12.2 Å². The molecule has 0 saturated carbocycles. The van der Waals surface area contributed by atoms with E-state index in [1.807, 2.05) is 30.3 Å². The molecule has 0 saturated heterocycles. The molecule has 20 heavy (non-hydrogen) atoms. The molecule has 2 aromatic rings. The minimum atomic E-state index is -0.594. The smallest absolute Gasteiger partial charge is 0.326 e. The van der Waals surface area contributed by atoms with Crippen molar-refractivity contribution < 1.29 is 0 Å². The molecular weight excluding hydrogens is 278 g/mol. The van der Waals surface area contributed by atoms with Crippen molar-refractivity contribution in [3.8, 4) is 0 Å². The number of aromatic nitrogens is 2. The third kappa shape index (κ3) is 4.18. The van der Waals surface area contributed by atoms with Gasteiger partial charge in [0.15, 0.2) is 5.11 Å². The lowest BCUT2D eigenvalue weighted by Crippen LogP contribution is -2.25. The number of benzene rings is 1. The lowest BCUT2D eigenvalue weighted by atomic mass is 10.3. The van der Waals surface area contributed by atoms with Crippen LogP contribution in [0.15, 0.2) is 51.1 Å². The zero-order valence-electron chi connectivity index (χ0n) is 10.2. The van der Waals surface area contributed by atoms with Crippen LogP contribution in [0, 0.1) is 0 Å². The van der Waals surface area contributed by atoms with E-state index in [0.717, 1.165) is 5.69 Å². The van der Waals surface area contributed by atoms with Gasteiger partial charge in [0.05, 0.1) is 11.9 Å². The molecule has 0 aliphatic carbocycles. The second-order valence-electron chi connectivity index (χ2n) is 3.73. The standard InChI is InChI=1S/C12H11N5O2S/c18-10-6-9(14-11(19)16-10)7-13-17-12(20)15-8-4-2-1-3-5-8/h1-7H,(H2,15,17,20)(H2,14,16,18,19). The maximum Gasteiger partial charge on any atom is 0.326 e. The largest absolute Gasteiger partial charge is 0.331 e. The average Bonchev–Trinajstić information content (AvgIpc) is 2.38. The molecule has 7 nitrogen and oxygen atoms in total. The van der Waals surface area contributed by atoms with E-state index in [2.05, 4.69) is 25.8 Å². The summed E-state index contributed by atoms with van der Waals surface area (Å²) in [6, 6.07) is 10.5. The quantitative estimate of drug-likeness (QED) is 0.372. The van der Waals surface area contributed by atoms with Gasteiger partial charge in [-0.3, -0.25) is 15.2 Å². The molecule has 0 aliphatic rings. The first kappa shape index (κ1) is 13.7. The lowest BCUT2D eigenvalue weighted by molar-refractivity contribution is 1.01. The van der Waals surface area contributed by atoms with Gasteiger partial charge in [-0.15, -0.1) is 0 Å². The number of thiocarbonyl (C=S) groups is 1. The summed E-state index contributed by atoms with van der Waals surface area (Å²) in [7, 11) is 0. The molecule has 0 spiro atoms. The average molecular weight is 289 g/mol. The molecule has 2 rings (SSSR count). The number of anilines is 1. The first-order chi connectivity index (χ1) is 9.63. The number of hydrogen-bond donors (Lipinski definition) is 4. The van der Waals surface area contributed by atoms with Crippen LogP contribution in [0.3, 0.4) is 0 Å². The van der Waals surface area contributed by atoms with E-state index >= 15 is 0 Å². The molecular formula is C12H11N5O2S. The number of nitrogens with zero attached hydrogens (tertiary/aromatic N) is 1. The molecule has 102 valence electrons. The van der Waals surface area contributed by atoms with Crippen molar-refractivity contribution in [2.75, 3.05) is 5.32 Å². The van der Waals surface area contributed by atoms with E-state index in [0.29, 0.717) is 5.11 Å². The number of H-pyrrole nitrogens is 2. The van der Waals surface area contributed by atoms with E-state index in [4.69, 9.17) is 12.2 Å². The Bertz CT molecular complexity index is 707. The summed E-state index contributed by atoms with van der Waals surface area (Å²) in [6.07, 6.45) is 1.29. The Balaban J connectivity index is 1.94. The molecule has 1 aromatic heterocycles. The molecule has 0 unspecified atom stereocenters. The summed E-state index contributed by atoms with van der Waals surface area (Å²) in [5.74, 6) is 0. The van der Waals surface area contributed by atoms with E-state index in [9.17, 15) is 9.59 Å². The Morgan fingerprint density at radius 1 is 1.20 bits per heavy atom. The Labute approximate surface area is 118 Å². The molecule has 0 atom stereocenters. The summed E-state index contributed by atoms with van der Waals surface area (Å²) in [6.45, 7) is 0. The molecule has 0 bridgehead atoms. The van der Waals surface area contributed by atoms with Crippen LogP contribution in [0.1, 0.15) is 5.69 Å². The van der Waals surface area contributed by atoms with Gasteiger partial charge < -0.3 is 10.3 Å². The summed E-state index contributed by atoms with van der Waals surface area (Å²) in [5.41, 5.74) is 2.58. The Morgan fingerprint density at radius 3 is 2.65 bits per heavy atom. The summed E-state index contributed by atoms with van der Waals surface area (Å²) in [5, 5.41) is 7.03. The monoisotopic (exact) mass is 289 g/mol. The van der Waals surface area contributed by atoms with Crippen molar-refractivity contribution in [3.63, 3.8) is 0 Å². The van der Waals surface area contributed by atoms with Crippen molar-refractivity contribution >= 4 is 29.2 Å². The maximum atomic E-state index is 11.1. The third-order valence-electron chi connectivity index (χ3n) is 2.18. The number of nitrogens with one attached hydrogen (secondary N) is 4. The minimum absolute atomic E-state index is 0.272. The van der Waals surface area contributed by atoms with Crippen LogP contribution in [0.25, 0.3) is 0 Å². The summed E-state index contributed by atoms with van der Waals surface area (Å²) >= 11 is 5.03. The van der Waals surface area contributed by atoms with Crippen molar-refractivity contribution in [1.82, 2.24) is 15.4 Å². The zero-order chi connectivity index (χ0) is 14.4. The fourth-order valence-electron chi connectivity index (χ4n) is 1.40. The lowest BCUT2D eigenvalue weighted by Gasteiger charge is -2.05. The molecule has 4 N–H and O–H groups in total. The Hall–Kier alpha value is -2.74. The van der Waals surface area contributed by atoms with Crippen LogP contribution in [0.4, 0.5) is 5.69 Å². The predicted octanol–water partition coefficient (Wildman–Crippen LogP) is 0.384. The third-order valence-corrected chi connectivity index (χ3v) is 2.38. The predicted molar refractivity (Wildman–Crippen MR) is 81.1 cm³/mol. The van der Waals surface area contributed by atoms with Crippen LogP contribution < -0.4 is 22.0 Å². The SMILES string of the molecule is O=c1cc(C=NNC(=S)Nc2ccccc2)[nH]c(=O)[nH]1. The molecule has 0 amide bonds. The minimum Gasteiger partial charge on any atom is -0.331 e. The number of hydrazone groups is 1. The zero-order valence-corrected chi connectivity index (χ0v) is 11.0. The number of para-hydroxylation sites is 1. The van der Waals surface area contributed by atoms with Crippen LogP contribution in [0.2, 0.25) is 0 Å². The van der Waals surface area contributed by atoms with Gasteiger partial charge in [0, 0.05) is 11.8 Å². The van der Waals surface area contributed by atoms with E-state index in [1.54, 1.807) is 0 Å². The summed E-state index contributed by atoms with van der Waals surface area (Å²) in [4.78, 5) is 26.5. The molecule has 1 aromatic carbocycles. The molecule has 8 heteroatoms. The van der Waals surface area contributed by atoms with Crippen molar-refractivity contribution in [3.05, 3.63) is 62.9 Å².